The molecule has 13 heteroatoms. The standard InChI is InChI=1S/C22H21BrFN7O.C9H18N2.C5H9N/c1-13-10-15-16(29-13)3-4-17(20(15)24)32-22-19(23)21(27-12-28-22)30-18-5-2-14(11-26-18)31-8-6-25-7-9-31;1-4-9(2)11-7-5-10(3)6-8-11;1-5-3-2-4-6-5/h2-5,10-12,25,29H,6-9H2,1H3,(H,26,27,28,30);4H,5-8H2,1-3H3;3,6H,2,4H2,1H3/b;9-4+;. The van der Waals surface area contributed by atoms with Gasteiger partial charge in [-0.05, 0) is 87.4 Å². The highest BCUT2D eigenvalue weighted by atomic mass is 79.9. The molecule has 3 aromatic heterocycles. The van der Waals surface area contributed by atoms with Crippen molar-refractivity contribution in [3.8, 4) is 11.6 Å². The third-order valence-electron chi connectivity index (χ3n) is 8.70. The SMILES string of the molecule is C/C=C(\C)N1CCN(C)CC1.CC1=CCCN1.Cc1cc2c(F)c(Oc3ncnc(Nc4ccc(N5CCNCC5)cn4)c3Br)ccc2[nH]1. The molecule has 0 amide bonds. The molecular weight excluding hydrogens is 687 g/mol. The number of piperazine rings is 2. The molecule has 3 aliphatic heterocycles. The van der Waals surface area contributed by atoms with E-state index in [-0.39, 0.29) is 11.6 Å². The Balaban J connectivity index is 0.000000225. The van der Waals surface area contributed by atoms with Crippen LogP contribution < -0.4 is 25.6 Å². The molecule has 0 unspecified atom stereocenters. The molecule has 0 bridgehead atoms. The van der Waals surface area contributed by atoms with Crippen molar-refractivity contribution in [3.63, 3.8) is 0 Å². The minimum atomic E-state index is -0.447. The number of hydrogen-bond acceptors (Lipinski definition) is 10. The van der Waals surface area contributed by atoms with Gasteiger partial charge in [-0.3, -0.25) is 0 Å². The van der Waals surface area contributed by atoms with E-state index in [1.807, 2.05) is 25.3 Å². The maximum Gasteiger partial charge on any atom is 0.239 e. The van der Waals surface area contributed by atoms with Gasteiger partial charge in [-0.2, -0.15) is 0 Å². The molecule has 11 nitrogen and oxygen atoms in total. The monoisotopic (exact) mass is 734 g/mol. The van der Waals surface area contributed by atoms with Crippen molar-refractivity contribution in [2.24, 2.45) is 0 Å². The Bertz CT molecular complexity index is 1730. The van der Waals surface area contributed by atoms with Crippen molar-refractivity contribution in [2.75, 3.05) is 76.2 Å². The molecule has 4 N–H and O–H groups in total. The zero-order valence-electron chi connectivity index (χ0n) is 29.1. The maximum absolute atomic E-state index is 14.9. The predicted molar refractivity (Wildman–Crippen MR) is 200 cm³/mol. The number of anilines is 3. The van der Waals surface area contributed by atoms with Crippen molar-refractivity contribution in [1.29, 1.82) is 0 Å². The summed E-state index contributed by atoms with van der Waals surface area (Å²) in [5.74, 6) is 0.934. The van der Waals surface area contributed by atoms with Crippen LogP contribution in [-0.2, 0) is 0 Å². The van der Waals surface area contributed by atoms with Gasteiger partial charge >= 0.3 is 0 Å². The van der Waals surface area contributed by atoms with Crippen molar-refractivity contribution in [1.82, 2.24) is 40.4 Å². The van der Waals surface area contributed by atoms with E-state index in [2.05, 4.69) is 106 Å². The van der Waals surface area contributed by atoms with Crippen LogP contribution in [0.2, 0.25) is 0 Å². The van der Waals surface area contributed by atoms with E-state index in [1.165, 1.54) is 50.3 Å². The highest BCUT2D eigenvalue weighted by Gasteiger charge is 2.17. The first-order valence-electron chi connectivity index (χ1n) is 16.8. The second-order valence-electron chi connectivity index (χ2n) is 12.3. The number of ether oxygens (including phenoxy) is 1. The molecule has 6 heterocycles. The van der Waals surface area contributed by atoms with Crippen molar-refractivity contribution < 1.29 is 9.13 Å². The van der Waals surface area contributed by atoms with Gasteiger partial charge in [0.1, 0.15) is 16.6 Å². The number of nitrogens with one attached hydrogen (secondary N) is 4. The van der Waals surface area contributed by atoms with E-state index < -0.39 is 5.82 Å². The van der Waals surface area contributed by atoms with Gasteiger partial charge in [0, 0.05) is 86.9 Å². The van der Waals surface area contributed by atoms with Gasteiger partial charge in [0.2, 0.25) is 5.88 Å². The lowest BCUT2D eigenvalue weighted by Crippen LogP contribution is -2.43. The summed E-state index contributed by atoms with van der Waals surface area (Å²) in [6.07, 6.45) is 8.80. The van der Waals surface area contributed by atoms with Gasteiger partial charge < -0.3 is 40.4 Å². The molecule has 0 atom stereocenters. The molecule has 262 valence electrons. The molecule has 0 saturated carbocycles. The molecule has 0 radical (unpaired) electrons. The number of allylic oxidation sites excluding steroid dienone is 3. The van der Waals surface area contributed by atoms with Gasteiger partial charge in [-0.1, -0.05) is 12.2 Å². The van der Waals surface area contributed by atoms with Crippen LogP contribution in [0.25, 0.3) is 10.9 Å². The summed E-state index contributed by atoms with van der Waals surface area (Å²) in [5.41, 5.74) is 5.41. The summed E-state index contributed by atoms with van der Waals surface area (Å²) in [5, 5.41) is 10.1. The van der Waals surface area contributed by atoms with E-state index in [1.54, 1.807) is 18.2 Å². The number of likely N-dealkylation sites (N-methyl/N-ethyl adjacent to an activating group) is 1. The third-order valence-corrected chi connectivity index (χ3v) is 9.41. The van der Waals surface area contributed by atoms with Gasteiger partial charge in [0.05, 0.1) is 11.9 Å². The molecule has 2 saturated heterocycles. The average Bonchev–Trinajstić information content (AvgIpc) is 3.77. The van der Waals surface area contributed by atoms with E-state index in [0.29, 0.717) is 27.0 Å². The summed E-state index contributed by atoms with van der Waals surface area (Å²) < 4.78 is 21.1. The Morgan fingerprint density at radius 1 is 1.00 bits per heavy atom. The van der Waals surface area contributed by atoms with Gasteiger partial charge in [-0.25, -0.2) is 19.3 Å². The number of aryl methyl sites for hydroxylation is 1. The van der Waals surface area contributed by atoms with Crippen molar-refractivity contribution in [3.05, 3.63) is 82.4 Å². The zero-order chi connectivity index (χ0) is 34.8. The number of hydrogen-bond donors (Lipinski definition) is 4. The average molecular weight is 736 g/mol. The molecule has 7 rings (SSSR count). The number of aromatic amines is 1. The number of rotatable bonds is 6. The largest absolute Gasteiger partial charge is 0.435 e. The zero-order valence-corrected chi connectivity index (χ0v) is 30.7. The number of halogens is 2. The first-order valence-corrected chi connectivity index (χ1v) is 17.6. The summed E-state index contributed by atoms with van der Waals surface area (Å²) >= 11 is 3.47. The highest BCUT2D eigenvalue weighted by Crippen LogP contribution is 2.36. The lowest BCUT2D eigenvalue weighted by molar-refractivity contribution is 0.186. The van der Waals surface area contributed by atoms with E-state index in [9.17, 15) is 4.39 Å². The van der Waals surface area contributed by atoms with Crippen LogP contribution in [0.1, 0.15) is 32.9 Å². The summed E-state index contributed by atoms with van der Waals surface area (Å²) in [7, 11) is 2.18. The van der Waals surface area contributed by atoms with Crippen LogP contribution in [0.4, 0.5) is 21.7 Å². The summed E-state index contributed by atoms with van der Waals surface area (Å²) in [4.78, 5) is 23.1. The fourth-order valence-electron chi connectivity index (χ4n) is 5.65. The quantitative estimate of drug-likeness (QED) is 0.174. The number of nitrogens with zero attached hydrogens (tertiary/aromatic N) is 6. The van der Waals surface area contributed by atoms with Crippen molar-refractivity contribution in [2.45, 2.75) is 34.1 Å². The summed E-state index contributed by atoms with van der Waals surface area (Å²) in [6.45, 7) is 18.0. The summed E-state index contributed by atoms with van der Waals surface area (Å²) in [6, 6.07) is 9.02. The fraction of sp³-hybridized carbons (Fsp3) is 0.417. The Morgan fingerprint density at radius 3 is 2.41 bits per heavy atom. The molecular formula is C36H48BrFN10O. The second-order valence-corrected chi connectivity index (χ2v) is 13.1. The molecule has 2 fully saturated rings. The number of aromatic nitrogens is 4. The molecule has 3 aliphatic rings. The smallest absolute Gasteiger partial charge is 0.239 e. The first kappa shape index (κ1) is 36.1. The minimum Gasteiger partial charge on any atom is -0.435 e. The normalized spacial score (nSPS) is 16.6. The lowest BCUT2D eigenvalue weighted by Gasteiger charge is -2.34. The Labute approximate surface area is 297 Å². The van der Waals surface area contributed by atoms with Crippen LogP contribution in [0, 0.1) is 12.7 Å². The number of benzene rings is 1. The van der Waals surface area contributed by atoms with E-state index >= 15 is 0 Å². The van der Waals surface area contributed by atoms with Gasteiger partial charge in [0.25, 0.3) is 0 Å². The van der Waals surface area contributed by atoms with Gasteiger partial charge in [0.15, 0.2) is 17.4 Å². The minimum absolute atomic E-state index is 0.0837. The predicted octanol–water partition coefficient (Wildman–Crippen LogP) is 6.55. The lowest BCUT2D eigenvalue weighted by atomic mass is 10.2. The Morgan fingerprint density at radius 2 is 1.78 bits per heavy atom. The molecule has 0 spiro atoms. The topological polar surface area (TPSA) is 110 Å². The Hall–Kier alpha value is -4.20. The highest BCUT2D eigenvalue weighted by molar-refractivity contribution is 9.10. The number of H-pyrrole nitrogens is 1. The Kier molecular flexibility index (Phi) is 12.9. The molecule has 49 heavy (non-hydrogen) atoms. The molecule has 4 aromatic rings. The third kappa shape index (κ3) is 9.93. The van der Waals surface area contributed by atoms with Crippen LogP contribution in [0.15, 0.2) is 70.9 Å². The van der Waals surface area contributed by atoms with Gasteiger partial charge in [-0.15, -0.1) is 0 Å². The fourth-order valence-corrected chi connectivity index (χ4v) is 6.03. The van der Waals surface area contributed by atoms with E-state index in [0.717, 1.165) is 44.1 Å². The van der Waals surface area contributed by atoms with Crippen molar-refractivity contribution >= 4 is 44.2 Å². The molecule has 1 aromatic carbocycles. The number of pyridine rings is 1. The van der Waals surface area contributed by atoms with Crippen LogP contribution in [0.5, 0.6) is 11.6 Å². The van der Waals surface area contributed by atoms with Crippen LogP contribution in [-0.4, -0.2) is 95.7 Å². The maximum atomic E-state index is 14.9. The molecule has 0 aliphatic carbocycles. The number of fused-ring (bicyclic) bond motifs is 1. The first-order chi connectivity index (χ1) is 23.7. The van der Waals surface area contributed by atoms with Crippen LogP contribution in [0.3, 0.4) is 0 Å². The van der Waals surface area contributed by atoms with E-state index in [4.69, 9.17) is 4.74 Å². The second kappa shape index (κ2) is 17.5. The van der Waals surface area contributed by atoms with Crippen LogP contribution >= 0.6 is 15.9 Å².